The molecule has 0 fully saturated rings. The first-order chi connectivity index (χ1) is 5.86. The van der Waals surface area contributed by atoms with Crippen molar-refractivity contribution < 1.29 is 0 Å². The second kappa shape index (κ2) is 4.73. The van der Waals surface area contributed by atoms with Gasteiger partial charge in [-0.2, -0.15) is 0 Å². The summed E-state index contributed by atoms with van der Waals surface area (Å²) in [7, 11) is 0. The lowest BCUT2D eigenvalue weighted by atomic mass is 10.1. The fourth-order valence-corrected chi connectivity index (χ4v) is 1.04. The molecule has 1 nitrogen and oxygen atoms in total. The van der Waals surface area contributed by atoms with Gasteiger partial charge in [0.2, 0.25) is 0 Å². The van der Waals surface area contributed by atoms with Gasteiger partial charge in [-0.05, 0) is 17.7 Å². The van der Waals surface area contributed by atoms with E-state index in [-0.39, 0.29) is 0 Å². The smallest absolute Gasteiger partial charge is 0.0205 e. The highest BCUT2D eigenvalue weighted by Gasteiger charge is 1.89. The van der Waals surface area contributed by atoms with Crippen molar-refractivity contribution in [2.75, 3.05) is 6.54 Å². The number of rotatable bonds is 4. The van der Waals surface area contributed by atoms with E-state index in [1.807, 2.05) is 6.08 Å². The number of hydrogen-bond acceptors (Lipinski definition) is 1. The standard InChI is InChI=1S/C11H15N/c1-3-10-5-7-11(8-6-10)9-12-4-2/h3,5-8,12H,1,4,9H2,2H3. The van der Waals surface area contributed by atoms with Crippen LogP contribution in [0, 0.1) is 0 Å². The summed E-state index contributed by atoms with van der Waals surface area (Å²) in [5.41, 5.74) is 2.50. The summed E-state index contributed by atoms with van der Waals surface area (Å²) in [4.78, 5) is 0. The molecule has 0 spiro atoms. The zero-order chi connectivity index (χ0) is 8.81. The average molecular weight is 161 g/mol. The van der Waals surface area contributed by atoms with Crippen molar-refractivity contribution in [3.05, 3.63) is 42.0 Å². The first-order valence-corrected chi connectivity index (χ1v) is 4.29. The quantitative estimate of drug-likeness (QED) is 0.715. The fourth-order valence-electron chi connectivity index (χ4n) is 1.04. The Hall–Kier alpha value is -1.08. The molecular formula is C11H15N. The van der Waals surface area contributed by atoms with Crippen molar-refractivity contribution in [3.63, 3.8) is 0 Å². The first-order valence-electron chi connectivity index (χ1n) is 4.29. The molecule has 12 heavy (non-hydrogen) atoms. The summed E-state index contributed by atoms with van der Waals surface area (Å²) >= 11 is 0. The summed E-state index contributed by atoms with van der Waals surface area (Å²) in [6.45, 7) is 7.79. The summed E-state index contributed by atoms with van der Waals surface area (Å²) in [6, 6.07) is 8.42. The zero-order valence-corrected chi connectivity index (χ0v) is 7.51. The Kier molecular flexibility index (Phi) is 3.55. The van der Waals surface area contributed by atoms with Crippen LogP contribution in [0.3, 0.4) is 0 Å². The molecule has 0 radical (unpaired) electrons. The van der Waals surface area contributed by atoms with Crippen LogP contribution < -0.4 is 5.32 Å². The molecule has 1 N–H and O–H groups in total. The minimum absolute atomic E-state index is 0.952. The molecule has 0 aliphatic carbocycles. The van der Waals surface area contributed by atoms with Gasteiger partial charge in [0.05, 0.1) is 0 Å². The van der Waals surface area contributed by atoms with Crippen molar-refractivity contribution in [2.45, 2.75) is 13.5 Å². The van der Waals surface area contributed by atoms with Crippen molar-refractivity contribution >= 4 is 6.08 Å². The van der Waals surface area contributed by atoms with Crippen LogP contribution in [-0.2, 0) is 6.54 Å². The van der Waals surface area contributed by atoms with Crippen molar-refractivity contribution in [2.24, 2.45) is 0 Å². The highest BCUT2D eigenvalue weighted by atomic mass is 14.8. The highest BCUT2D eigenvalue weighted by molar-refractivity contribution is 5.47. The molecule has 0 bridgehead atoms. The van der Waals surface area contributed by atoms with E-state index in [1.165, 1.54) is 11.1 Å². The Morgan fingerprint density at radius 2 is 2.00 bits per heavy atom. The van der Waals surface area contributed by atoms with Gasteiger partial charge < -0.3 is 5.32 Å². The summed E-state index contributed by atoms with van der Waals surface area (Å²) in [5, 5.41) is 3.28. The molecule has 1 heteroatoms. The normalized spacial score (nSPS) is 9.75. The lowest BCUT2D eigenvalue weighted by Crippen LogP contribution is -2.11. The second-order valence-electron chi connectivity index (χ2n) is 2.73. The highest BCUT2D eigenvalue weighted by Crippen LogP contribution is 2.04. The Morgan fingerprint density at radius 1 is 1.33 bits per heavy atom. The van der Waals surface area contributed by atoms with E-state index in [0.29, 0.717) is 0 Å². The van der Waals surface area contributed by atoms with Crippen LogP contribution in [0.15, 0.2) is 30.8 Å². The molecule has 0 aliphatic heterocycles. The molecule has 64 valence electrons. The van der Waals surface area contributed by atoms with Crippen molar-refractivity contribution in [1.29, 1.82) is 0 Å². The van der Waals surface area contributed by atoms with Gasteiger partial charge in [-0.1, -0.05) is 43.8 Å². The van der Waals surface area contributed by atoms with Gasteiger partial charge in [-0.15, -0.1) is 0 Å². The van der Waals surface area contributed by atoms with Gasteiger partial charge in [-0.3, -0.25) is 0 Å². The Balaban J connectivity index is 2.58. The van der Waals surface area contributed by atoms with Crippen LogP contribution in [0.5, 0.6) is 0 Å². The molecule has 0 amide bonds. The zero-order valence-electron chi connectivity index (χ0n) is 7.51. The van der Waals surface area contributed by atoms with Gasteiger partial charge >= 0.3 is 0 Å². The van der Waals surface area contributed by atoms with Crippen molar-refractivity contribution in [1.82, 2.24) is 5.32 Å². The van der Waals surface area contributed by atoms with E-state index in [2.05, 4.69) is 43.1 Å². The number of hydrogen-bond donors (Lipinski definition) is 1. The molecule has 0 saturated carbocycles. The summed E-state index contributed by atoms with van der Waals surface area (Å²) < 4.78 is 0. The maximum Gasteiger partial charge on any atom is 0.0205 e. The monoisotopic (exact) mass is 161 g/mol. The molecule has 0 unspecified atom stereocenters. The average Bonchev–Trinajstić information content (AvgIpc) is 2.15. The van der Waals surface area contributed by atoms with E-state index in [1.54, 1.807) is 0 Å². The third-order valence-corrected chi connectivity index (χ3v) is 1.79. The maximum atomic E-state index is 3.71. The molecule has 0 aromatic heterocycles. The van der Waals surface area contributed by atoms with Crippen LogP contribution in [-0.4, -0.2) is 6.54 Å². The van der Waals surface area contributed by atoms with E-state index in [0.717, 1.165) is 13.1 Å². The van der Waals surface area contributed by atoms with E-state index >= 15 is 0 Å². The first kappa shape index (κ1) is 9.01. The Labute approximate surface area is 74.1 Å². The molecule has 0 saturated heterocycles. The predicted octanol–water partition coefficient (Wildman–Crippen LogP) is 2.44. The molecule has 1 aromatic carbocycles. The summed E-state index contributed by atoms with van der Waals surface area (Å²) in [5.74, 6) is 0. The number of nitrogens with one attached hydrogen (secondary N) is 1. The van der Waals surface area contributed by atoms with Crippen LogP contribution >= 0.6 is 0 Å². The Bertz CT molecular complexity index is 236. The SMILES string of the molecule is C=Cc1ccc(CNCC)cc1. The minimum atomic E-state index is 0.952. The van der Waals surface area contributed by atoms with E-state index in [4.69, 9.17) is 0 Å². The largest absolute Gasteiger partial charge is 0.313 e. The van der Waals surface area contributed by atoms with E-state index < -0.39 is 0 Å². The fraction of sp³-hybridized carbons (Fsp3) is 0.273. The second-order valence-corrected chi connectivity index (χ2v) is 2.73. The maximum absolute atomic E-state index is 3.71. The van der Waals surface area contributed by atoms with E-state index in [9.17, 15) is 0 Å². The molecule has 0 atom stereocenters. The topological polar surface area (TPSA) is 12.0 Å². The minimum Gasteiger partial charge on any atom is -0.313 e. The van der Waals surface area contributed by atoms with Gasteiger partial charge in [-0.25, -0.2) is 0 Å². The molecular weight excluding hydrogens is 146 g/mol. The van der Waals surface area contributed by atoms with Crippen LogP contribution in [0.2, 0.25) is 0 Å². The van der Waals surface area contributed by atoms with Gasteiger partial charge in [0.25, 0.3) is 0 Å². The predicted molar refractivity (Wildman–Crippen MR) is 53.9 cm³/mol. The lowest BCUT2D eigenvalue weighted by Gasteiger charge is -2.01. The third-order valence-electron chi connectivity index (χ3n) is 1.79. The number of benzene rings is 1. The lowest BCUT2D eigenvalue weighted by molar-refractivity contribution is 0.727. The molecule has 1 rings (SSSR count). The molecule has 0 heterocycles. The Morgan fingerprint density at radius 3 is 2.50 bits per heavy atom. The van der Waals surface area contributed by atoms with Crippen LogP contribution in [0.25, 0.3) is 6.08 Å². The van der Waals surface area contributed by atoms with Gasteiger partial charge in [0.15, 0.2) is 0 Å². The van der Waals surface area contributed by atoms with Crippen LogP contribution in [0.4, 0.5) is 0 Å². The molecule has 0 aliphatic rings. The summed E-state index contributed by atoms with van der Waals surface area (Å²) in [6.07, 6.45) is 1.86. The molecule has 1 aromatic rings. The van der Waals surface area contributed by atoms with Crippen LogP contribution in [0.1, 0.15) is 18.1 Å². The van der Waals surface area contributed by atoms with Gasteiger partial charge in [0.1, 0.15) is 0 Å². The van der Waals surface area contributed by atoms with Gasteiger partial charge in [0, 0.05) is 6.54 Å². The van der Waals surface area contributed by atoms with Crippen molar-refractivity contribution in [3.8, 4) is 0 Å². The third kappa shape index (κ3) is 2.51.